The topological polar surface area (TPSA) is 112 Å². The van der Waals surface area contributed by atoms with Gasteiger partial charge in [0, 0.05) is 25.2 Å². The zero-order valence-corrected chi connectivity index (χ0v) is 22.2. The lowest BCUT2D eigenvalue weighted by Gasteiger charge is -2.35. The van der Waals surface area contributed by atoms with E-state index in [0.717, 1.165) is 11.1 Å². The summed E-state index contributed by atoms with van der Waals surface area (Å²) < 4.78 is 39.2. The molecule has 0 spiro atoms. The number of rotatable bonds is 8. The van der Waals surface area contributed by atoms with E-state index in [4.69, 9.17) is 10.5 Å². The van der Waals surface area contributed by atoms with Crippen molar-refractivity contribution in [1.82, 2.24) is 18.8 Å². The van der Waals surface area contributed by atoms with Gasteiger partial charge in [-0.1, -0.05) is 30.3 Å². The molecule has 11 heteroatoms. The first-order valence-corrected chi connectivity index (χ1v) is 14.0. The number of anilines is 2. The van der Waals surface area contributed by atoms with E-state index in [1.165, 1.54) is 4.68 Å². The molecular weight excluding hydrogens is 507 g/mol. The summed E-state index contributed by atoms with van der Waals surface area (Å²) in [5, 5.41) is 4.42. The molecule has 1 saturated carbocycles. The number of benzene rings is 2. The van der Waals surface area contributed by atoms with Crippen LogP contribution < -0.4 is 25.7 Å². The largest absolute Gasteiger partial charge is 0.579 e. The molecule has 0 bridgehead atoms. The molecule has 0 amide bonds. The lowest BCUT2D eigenvalue weighted by atomic mass is 10.1. The van der Waals surface area contributed by atoms with Gasteiger partial charge in [-0.05, 0) is 49.1 Å². The molecule has 2 aromatic carbocycles. The van der Waals surface area contributed by atoms with E-state index in [-0.39, 0.29) is 23.8 Å². The summed E-state index contributed by atoms with van der Waals surface area (Å²) in [6, 6.07) is 15.0. The average Bonchev–Trinajstić information content (AvgIpc) is 3.35. The number of ether oxygens (including phenoxy) is 1. The van der Waals surface area contributed by atoms with Crippen LogP contribution in [0.25, 0.3) is 5.69 Å². The van der Waals surface area contributed by atoms with Crippen LogP contribution in [0.1, 0.15) is 30.4 Å². The van der Waals surface area contributed by atoms with Crippen molar-refractivity contribution in [1.29, 1.82) is 0 Å². The van der Waals surface area contributed by atoms with Gasteiger partial charge in [0.05, 0.1) is 31.5 Å². The van der Waals surface area contributed by atoms with E-state index in [9.17, 15) is 13.7 Å². The van der Waals surface area contributed by atoms with Crippen LogP contribution in [0.15, 0.2) is 59.5 Å². The Morgan fingerprint density at radius 1 is 1.16 bits per heavy atom. The minimum Gasteiger partial charge on any atom is -0.579 e. The SMILES string of the molecule is Cc1ccc(CN[S+]([O-])N2CCN(c3cnn(-c4ccccc4)c(=O)c3OC3CCC(F)C3)CC2)cc1N. The highest BCUT2D eigenvalue weighted by molar-refractivity contribution is 7.87. The molecule has 1 aliphatic heterocycles. The first-order valence-electron chi connectivity index (χ1n) is 12.9. The summed E-state index contributed by atoms with van der Waals surface area (Å²) in [6.45, 7) is 4.50. The van der Waals surface area contributed by atoms with Crippen LogP contribution in [-0.4, -0.2) is 57.1 Å². The van der Waals surface area contributed by atoms with Crippen LogP contribution in [0.4, 0.5) is 15.8 Å². The van der Waals surface area contributed by atoms with E-state index in [2.05, 4.69) is 9.82 Å². The van der Waals surface area contributed by atoms with Gasteiger partial charge in [-0.15, -0.1) is 9.03 Å². The van der Waals surface area contributed by atoms with Crippen molar-refractivity contribution >= 4 is 22.9 Å². The Hall–Kier alpha value is -3.12. The van der Waals surface area contributed by atoms with Gasteiger partial charge >= 0.3 is 5.56 Å². The number of para-hydroxylation sites is 1. The highest BCUT2D eigenvalue weighted by Crippen LogP contribution is 2.31. The third kappa shape index (κ3) is 5.96. The van der Waals surface area contributed by atoms with Crippen molar-refractivity contribution in [2.45, 2.75) is 45.0 Å². The fourth-order valence-corrected chi connectivity index (χ4v) is 5.78. The molecule has 38 heavy (non-hydrogen) atoms. The van der Waals surface area contributed by atoms with E-state index in [1.54, 1.807) is 18.3 Å². The zero-order chi connectivity index (χ0) is 26.6. The van der Waals surface area contributed by atoms with E-state index in [1.807, 2.05) is 52.5 Å². The maximum Gasteiger partial charge on any atom is 0.316 e. The van der Waals surface area contributed by atoms with E-state index in [0.29, 0.717) is 62.6 Å². The first kappa shape index (κ1) is 26.5. The number of nitrogens with zero attached hydrogens (tertiary/aromatic N) is 4. The van der Waals surface area contributed by atoms with Crippen LogP contribution in [0, 0.1) is 6.92 Å². The predicted molar refractivity (Wildman–Crippen MR) is 147 cm³/mol. The van der Waals surface area contributed by atoms with Crippen molar-refractivity contribution in [3.8, 4) is 11.4 Å². The molecule has 5 rings (SSSR count). The van der Waals surface area contributed by atoms with Crippen molar-refractivity contribution in [2.24, 2.45) is 0 Å². The molecule has 2 aliphatic rings. The predicted octanol–water partition coefficient (Wildman–Crippen LogP) is 2.88. The maximum atomic E-state index is 13.9. The fraction of sp³-hybridized carbons (Fsp3) is 0.407. The summed E-state index contributed by atoms with van der Waals surface area (Å²) in [5.74, 6) is 0.188. The van der Waals surface area contributed by atoms with Gasteiger partial charge in [0.2, 0.25) is 5.75 Å². The summed E-state index contributed by atoms with van der Waals surface area (Å²) in [6.07, 6.45) is 1.65. The molecular formula is C27H33FN6O3S. The number of nitrogens with two attached hydrogens (primary N) is 1. The molecule has 3 aromatic rings. The smallest absolute Gasteiger partial charge is 0.316 e. The fourth-order valence-electron chi connectivity index (χ4n) is 4.81. The third-order valence-corrected chi connectivity index (χ3v) is 8.30. The monoisotopic (exact) mass is 540 g/mol. The molecule has 1 aliphatic carbocycles. The molecule has 1 aromatic heterocycles. The number of hydrogen-bond acceptors (Lipinski definition) is 8. The molecule has 9 nitrogen and oxygen atoms in total. The Balaban J connectivity index is 1.28. The van der Waals surface area contributed by atoms with Crippen molar-refractivity contribution in [3.05, 3.63) is 76.2 Å². The summed E-state index contributed by atoms with van der Waals surface area (Å²) in [4.78, 5) is 15.5. The number of alkyl halides is 1. The Morgan fingerprint density at radius 3 is 2.61 bits per heavy atom. The molecule has 0 radical (unpaired) electrons. The molecule has 3 unspecified atom stereocenters. The number of aryl methyl sites for hydroxylation is 1. The van der Waals surface area contributed by atoms with Gasteiger partial charge in [-0.3, -0.25) is 4.79 Å². The van der Waals surface area contributed by atoms with Gasteiger partial charge < -0.3 is 19.9 Å². The number of hydrogen-bond donors (Lipinski definition) is 2. The van der Waals surface area contributed by atoms with E-state index >= 15 is 0 Å². The Kier molecular flexibility index (Phi) is 8.18. The Labute approximate surface area is 224 Å². The molecule has 1 saturated heterocycles. The van der Waals surface area contributed by atoms with Crippen molar-refractivity contribution < 1.29 is 13.7 Å². The standard InChI is InChI=1S/C27H33FN6O3S/c1-19-7-8-20(15-24(19)29)17-31-38(36)33-13-11-32(12-14-33)25-18-30-34(22-5-3-2-4-6-22)27(35)26(25)37-23-10-9-21(28)16-23/h2-8,15,18,21,23,31H,9-14,16-17,29H2,1H3. The van der Waals surface area contributed by atoms with Gasteiger partial charge in [0.15, 0.2) is 0 Å². The Bertz CT molecular complexity index is 1300. The quantitative estimate of drug-likeness (QED) is 0.332. The normalized spacial score (nSPS) is 21.0. The van der Waals surface area contributed by atoms with Gasteiger partial charge in [0.25, 0.3) is 0 Å². The number of piperazine rings is 1. The van der Waals surface area contributed by atoms with Crippen LogP contribution in [0.5, 0.6) is 5.75 Å². The van der Waals surface area contributed by atoms with Gasteiger partial charge in [-0.25, -0.2) is 4.39 Å². The van der Waals surface area contributed by atoms with Crippen molar-refractivity contribution in [2.75, 3.05) is 36.8 Å². The molecule has 3 N–H and O–H groups in total. The second-order valence-electron chi connectivity index (χ2n) is 9.74. The number of aromatic nitrogens is 2. The molecule has 2 heterocycles. The average molecular weight is 541 g/mol. The lowest BCUT2D eigenvalue weighted by molar-refractivity contribution is 0.193. The molecule has 2 fully saturated rings. The number of nitrogen functional groups attached to an aromatic ring is 1. The summed E-state index contributed by atoms with van der Waals surface area (Å²) in [5.41, 5.74) is 9.51. The second kappa shape index (κ2) is 11.7. The van der Waals surface area contributed by atoms with Gasteiger partial charge in [0.1, 0.15) is 29.5 Å². The van der Waals surface area contributed by atoms with Crippen molar-refractivity contribution in [3.63, 3.8) is 0 Å². The number of halogens is 1. The molecule has 3 atom stereocenters. The van der Waals surface area contributed by atoms with Crippen LogP contribution in [-0.2, 0) is 18.1 Å². The number of nitrogens with one attached hydrogen (secondary N) is 1. The second-order valence-corrected chi connectivity index (χ2v) is 11.0. The highest BCUT2D eigenvalue weighted by atomic mass is 32.2. The van der Waals surface area contributed by atoms with Gasteiger partial charge in [-0.2, -0.15) is 9.78 Å². The Morgan fingerprint density at radius 2 is 1.92 bits per heavy atom. The molecule has 202 valence electrons. The van der Waals surface area contributed by atoms with Crippen LogP contribution in [0.3, 0.4) is 0 Å². The summed E-state index contributed by atoms with van der Waals surface area (Å²) >= 11 is -1.37. The van der Waals surface area contributed by atoms with E-state index < -0.39 is 17.7 Å². The zero-order valence-electron chi connectivity index (χ0n) is 21.4. The minimum atomic E-state index is -1.37. The highest BCUT2D eigenvalue weighted by Gasteiger charge is 2.32. The van der Waals surface area contributed by atoms with Crippen LogP contribution in [0.2, 0.25) is 0 Å². The summed E-state index contributed by atoms with van der Waals surface area (Å²) in [7, 11) is 0. The lowest BCUT2D eigenvalue weighted by Crippen LogP contribution is -2.52. The van der Waals surface area contributed by atoms with Crippen LogP contribution >= 0.6 is 0 Å². The maximum absolute atomic E-state index is 13.9. The third-order valence-electron chi connectivity index (χ3n) is 7.08. The minimum absolute atomic E-state index is 0.188. The first-order chi connectivity index (χ1) is 18.4.